The predicted octanol–water partition coefficient (Wildman–Crippen LogP) is 4.43. The highest BCUT2D eigenvalue weighted by atomic mass is 19.1. The number of nitrogens with one attached hydrogen (secondary N) is 1. The highest BCUT2D eigenvalue weighted by molar-refractivity contribution is 6.07. The number of carbonyl (C=O) groups excluding carboxylic acids is 1. The second-order valence-corrected chi connectivity index (χ2v) is 7.15. The lowest BCUT2D eigenvalue weighted by Gasteiger charge is -2.12. The number of aromatic nitrogens is 2. The Kier molecular flexibility index (Phi) is 6.26. The van der Waals surface area contributed by atoms with Crippen LogP contribution < -0.4 is 14.8 Å². The summed E-state index contributed by atoms with van der Waals surface area (Å²) in [5.74, 6) is 0.567. The van der Waals surface area contributed by atoms with E-state index in [1.165, 1.54) is 12.1 Å². The van der Waals surface area contributed by atoms with E-state index >= 15 is 0 Å². The van der Waals surface area contributed by atoms with E-state index in [2.05, 4.69) is 15.3 Å². The predicted molar refractivity (Wildman–Crippen MR) is 121 cm³/mol. The quantitative estimate of drug-likeness (QED) is 0.469. The summed E-state index contributed by atoms with van der Waals surface area (Å²) in [6, 6.07) is 15.2. The van der Waals surface area contributed by atoms with Crippen molar-refractivity contribution in [2.24, 2.45) is 0 Å². The summed E-state index contributed by atoms with van der Waals surface area (Å²) >= 11 is 0. The van der Waals surface area contributed by atoms with Crippen LogP contribution in [0.3, 0.4) is 0 Å². The van der Waals surface area contributed by atoms with Crippen LogP contribution in [0.1, 0.15) is 15.9 Å². The molecule has 1 N–H and O–H groups in total. The number of methoxy groups -OCH3 is 2. The Hall–Kier alpha value is -4.00. The lowest BCUT2D eigenvalue weighted by molar-refractivity contribution is 0.0955. The van der Waals surface area contributed by atoms with Crippen LogP contribution in [0.2, 0.25) is 0 Å². The summed E-state index contributed by atoms with van der Waals surface area (Å²) < 4.78 is 24.5. The van der Waals surface area contributed by atoms with Crippen molar-refractivity contribution in [1.29, 1.82) is 0 Å². The number of hydrogen-bond donors (Lipinski definition) is 1. The van der Waals surface area contributed by atoms with Crippen molar-refractivity contribution in [2.45, 2.75) is 6.42 Å². The molecule has 7 heteroatoms. The number of fused-ring (bicyclic) bond motifs is 1. The van der Waals surface area contributed by atoms with Crippen LogP contribution >= 0.6 is 0 Å². The Labute approximate surface area is 185 Å². The molecule has 0 saturated heterocycles. The number of ether oxygens (including phenoxy) is 2. The molecule has 0 unspecified atom stereocenters. The van der Waals surface area contributed by atoms with Gasteiger partial charge in [-0.1, -0.05) is 6.07 Å². The van der Waals surface area contributed by atoms with Crippen molar-refractivity contribution in [3.8, 4) is 22.8 Å². The van der Waals surface area contributed by atoms with Gasteiger partial charge >= 0.3 is 0 Å². The molecule has 0 aliphatic rings. The van der Waals surface area contributed by atoms with E-state index in [0.717, 1.165) is 11.1 Å². The smallest absolute Gasteiger partial charge is 0.252 e. The first kappa shape index (κ1) is 21.2. The number of hydrogen-bond acceptors (Lipinski definition) is 5. The van der Waals surface area contributed by atoms with Gasteiger partial charge in [-0.15, -0.1) is 0 Å². The molecule has 2 aromatic heterocycles. The fraction of sp³-hybridized carbons (Fsp3) is 0.160. The fourth-order valence-electron chi connectivity index (χ4n) is 3.51. The lowest BCUT2D eigenvalue weighted by atomic mass is 10.0. The van der Waals surface area contributed by atoms with Crippen LogP contribution in [-0.4, -0.2) is 36.6 Å². The number of pyridine rings is 2. The number of benzene rings is 2. The molecule has 0 saturated carbocycles. The van der Waals surface area contributed by atoms with E-state index in [0.29, 0.717) is 46.6 Å². The molecule has 2 aromatic carbocycles. The highest BCUT2D eigenvalue weighted by Crippen LogP contribution is 2.28. The molecule has 0 fully saturated rings. The molecule has 162 valence electrons. The largest absolute Gasteiger partial charge is 0.493 e. The third-order valence-electron chi connectivity index (χ3n) is 5.14. The van der Waals surface area contributed by atoms with Crippen LogP contribution in [-0.2, 0) is 6.42 Å². The van der Waals surface area contributed by atoms with Crippen molar-refractivity contribution < 1.29 is 18.7 Å². The van der Waals surface area contributed by atoms with E-state index in [1.54, 1.807) is 38.7 Å². The number of carbonyl (C=O) groups is 1. The van der Waals surface area contributed by atoms with Crippen molar-refractivity contribution in [2.75, 3.05) is 20.8 Å². The average molecular weight is 431 g/mol. The average Bonchev–Trinajstić information content (AvgIpc) is 2.83. The Morgan fingerprint density at radius 1 is 0.969 bits per heavy atom. The van der Waals surface area contributed by atoms with Crippen LogP contribution in [0.25, 0.3) is 22.2 Å². The van der Waals surface area contributed by atoms with E-state index in [1.807, 2.05) is 30.3 Å². The fourth-order valence-corrected chi connectivity index (χ4v) is 3.51. The number of halogens is 1. The van der Waals surface area contributed by atoms with E-state index < -0.39 is 5.82 Å². The molecule has 0 spiro atoms. The summed E-state index contributed by atoms with van der Waals surface area (Å²) in [5.41, 5.74) is 3.35. The van der Waals surface area contributed by atoms with Crippen LogP contribution in [0.4, 0.5) is 4.39 Å². The highest BCUT2D eigenvalue weighted by Gasteiger charge is 2.15. The summed E-state index contributed by atoms with van der Waals surface area (Å²) in [7, 11) is 3.16. The third kappa shape index (κ3) is 4.51. The first-order valence-corrected chi connectivity index (χ1v) is 10.1. The van der Waals surface area contributed by atoms with Crippen molar-refractivity contribution in [3.63, 3.8) is 0 Å². The molecule has 0 bridgehead atoms. The van der Waals surface area contributed by atoms with Gasteiger partial charge in [-0.3, -0.25) is 9.78 Å². The zero-order valence-electron chi connectivity index (χ0n) is 17.8. The molecule has 0 aliphatic carbocycles. The molecule has 0 radical (unpaired) electrons. The van der Waals surface area contributed by atoms with Crippen LogP contribution in [0.5, 0.6) is 11.5 Å². The molecule has 1 amide bonds. The molecule has 32 heavy (non-hydrogen) atoms. The number of nitrogens with zero attached hydrogens (tertiary/aromatic N) is 2. The first-order valence-electron chi connectivity index (χ1n) is 10.1. The van der Waals surface area contributed by atoms with Gasteiger partial charge in [-0.2, -0.15) is 0 Å². The van der Waals surface area contributed by atoms with E-state index in [9.17, 15) is 9.18 Å². The van der Waals surface area contributed by atoms with Crippen molar-refractivity contribution >= 4 is 16.8 Å². The van der Waals surface area contributed by atoms with E-state index in [-0.39, 0.29) is 5.91 Å². The minimum absolute atomic E-state index is 0.293. The Morgan fingerprint density at radius 2 is 1.75 bits per heavy atom. The van der Waals surface area contributed by atoms with Gasteiger partial charge < -0.3 is 14.8 Å². The van der Waals surface area contributed by atoms with Gasteiger partial charge in [0.25, 0.3) is 5.91 Å². The maximum absolute atomic E-state index is 13.9. The molecule has 4 aromatic rings. The maximum Gasteiger partial charge on any atom is 0.252 e. The molecule has 0 aliphatic heterocycles. The summed E-state index contributed by atoms with van der Waals surface area (Å²) in [6.07, 6.45) is 3.92. The van der Waals surface area contributed by atoms with Gasteiger partial charge in [-0.05, 0) is 60.5 Å². The summed E-state index contributed by atoms with van der Waals surface area (Å²) in [6.45, 7) is 0.401. The van der Waals surface area contributed by atoms with Gasteiger partial charge in [-0.25, -0.2) is 9.37 Å². The van der Waals surface area contributed by atoms with Gasteiger partial charge in [0.1, 0.15) is 5.82 Å². The molecule has 2 heterocycles. The zero-order valence-corrected chi connectivity index (χ0v) is 17.8. The van der Waals surface area contributed by atoms with Gasteiger partial charge in [0, 0.05) is 29.9 Å². The second kappa shape index (κ2) is 9.43. The van der Waals surface area contributed by atoms with Crippen LogP contribution in [0, 0.1) is 5.82 Å². The lowest BCUT2D eigenvalue weighted by Crippen LogP contribution is -2.26. The Bertz CT molecular complexity index is 1260. The van der Waals surface area contributed by atoms with Gasteiger partial charge in [0.15, 0.2) is 11.5 Å². The van der Waals surface area contributed by atoms with E-state index in [4.69, 9.17) is 9.47 Å². The molecule has 0 atom stereocenters. The van der Waals surface area contributed by atoms with Gasteiger partial charge in [0.05, 0.1) is 31.0 Å². The summed E-state index contributed by atoms with van der Waals surface area (Å²) in [4.78, 5) is 21.7. The standard InChI is InChI=1S/C25H22FN3O3/c1-31-23-6-3-16(13-24(23)32-2)7-12-28-25(30)20-15-22(17-8-10-27-11-9-17)29-21-5-4-18(26)14-19(20)21/h3-6,8-11,13-15H,7,12H2,1-2H3,(H,28,30). The monoisotopic (exact) mass is 431 g/mol. The first-order chi connectivity index (χ1) is 15.6. The zero-order chi connectivity index (χ0) is 22.5. The molecular weight excluding hydrogens is 409 g/mol. The third-order valence-corrected chi connectivity index (χ3v) is 5.14. The van der Waals surface area contributed by atoms with Crippen LogP contribution in [0.15, 0.2) is 67.0 Å². The Morgan fingerprint density at radius 3 is 2.50 bits per heavy atom. The molecule has 4 rings (SSSR count). The minimum Gasteiger partial charge on any atom is -0.493 e. The van der Waals surface area contributed by atoms with Crippen molar-refractivity contribution in [3.05, 3.63) is 83.9 Å². The SMILES string of the molecule is COc1ccc(CCNC(=O)c2cc(-c3ccncc3)nc3ccc(F)cc23)cc1OC. The van der Waals surface area contributed by atoms with Gasteiger partial charge in [0.2, 0.25) is 0 Å². The normalized spacial score (nSPS) is 10.7. The number of rotatable bonds is 7. The number of amides is 1. The maximum atomic E-state index is 13.9. The summed E-state index contributed by atoms with van der Waals surface area (Å²) in [5, 5.41) is 3.39. The second-order valence-electron chi connectivity index (χ2n) is 7.15. The Balaban J connectivity index is 1.58. The molecular formula is C25H22FN3O3. The topological polar surface area (TPSA) is 73.3 Å². The minimum atomic E-state index is -0.421. The van der Waals surface area contributed by atoms with Crippen molar-refractivity contribution in [1.82, 2.24) is 15.3 Å². The molecule has 6 nitrogen and oxygen atoms in total.